The Balaban J connectivity index is 1.31. The lowest BCUT2D eigenvalue weighted by Crippen LogP contribution is -2.24. The maximum Gasteiger partial charge on any atom is 0.138 e. The average molecular weight is 598 g/mol. The molecule has 216 valence electrons. The Kier molecular flexibility index (Phi) is 8.44. The molecule has 0 saturated heterocycles. The third kappa shape index (κ3) is 6.26. The van der Waals surface area contributed by atoms with Gasteiger partial charge in [-0.15, -0.1) is 0 Å². The minimum atomic E-state index is -0.835. The molecule has 7 aromatic rings. The van der Waals surface area contributed by atoms with Crippen LogP contribution in [-0.4, -0.2) is 4.98 Å². The number of para-hydroxylation sites is 3. The molecule has 3 nitrogen and oxygen atoms in total. The molecule has 0 unspecified atom stereocenters. The highest BCUT2D eigenvalue weighted by molar-refractivity contribution is 7.79. The topological polar surface area (TPSA) is 19.4 Å². The molecule has 1 aromatic heterocycles. The number of hydrogen-bond donors (Lipinski definition) is 0. The number of hydrogen-bond acceptors (Lipinski definition) is 3. The predicted molar refractivity (Wildman–Crippen MR) is 192 cm³/mol. The van der Waals surface area contributed by atoms with Gasteiger partial charge in [0.2, 0.25) is 0 Å². The fourth-order valence-electron chi connectivity index (χ4n) is 5.57. The molecule has 0 bridgehead atoms. The molecule has 0 amide bonds. The Morgan fingerprint density at radius 2 is 0.667 bits per heavy atom. The van der Waals surface area contributed by atoms with Crippen LogP contribution in [0, 0.1) is 0 Å². The van der Waals surface area contributed by atoms with E-state index in [-0.39, 0.29) is 0 Å². The lowest BCUT2D eigenvalue weighted by molar-refractivity contribution is 1.19. The average Bonchev–Trinajstić information content (AvgIpc) is 3.12. The van der Waals surface area contributed by atoms with Crippen LogP contribution in [-0.2, 0) is 0 Å². The summed E-state index contributed by atoms with van der Waals surface area (Å²) in [5.74, 6) is 0.883. The summed E-state index contributed by atoms with van der Waals surface area (Å²) in [5.41, 5.74) is 6.47. The Hall–Kier alpha value is -5.50. The van der Waals surface area contributed by atoms with Gasteiger partial charge in [-0.1, -0.05) is 121 Å². The predicted octanol–water partition coefficient (Wildman–Crippen LogP) is 9.78. The molecule has 0 saturated carbocycles. The van der Waals surface area contributed by atoms with Crippen molar-refractivity contribution in [1.82, 2.24) is 4.98 Å². The standard InChI is InChI=1S/C41H32N3P/c1-6-17-33(18-7-1)43(34-19-8-2-9-20-34)36-29-31-37(32-30-36)44(35-21-10-3-11-22-35)40-27-16-28-41(42-40)45(38-23-12-4-13-24-38)39-25-14-5-15-26-39/h1-32H. The van der Waals surface area contributed by atoms with Crippen molar-refractivity contribution >= 4 is 58.2 Å². The molecule has 45 heavy (non-hydrogen) atoms. The zero-order chi connectivity index (χ0) is 30.3. The van der Waals surface area contributed by atoms with Crippen molar-refractivity contribution in [1.29, 1.82) is 0 Å². The van der Waals surface area contributed by atoms with Gasteiger partial charge in [0, 0.05) is 36.4 Å². The number of nitrogens with zero attached hydrogens (tertiary/aromatic N) is 3. The summed E-state index contributed by atoms with van der Waals surface area (Å²) in [6.45, 7) is 0. The molecule has 7 rings (SSSR count). The van der Waals surface area contributed by atoms with Gasteiger partial charge in [0.05, 0.1) is 5.44 Å². The van der Waals surface area contributed by atoms with Gasteiger partial charge >= 0.3 is 0 Å². The summed E-state index contributed by atoms with van der Waals surface area (Å²) in [6.07, 6.45) is 0. The van der Waals surface area contributed by atoms with E-state index in [2.05, 4.69) is 204 Å². The Morgan fingerprint density at radius 1 is 0.311 bits per heavy atom. The lowest BCUT2D eigenvalue weighted by Gasteiger charge is -2.28. The van der Waals surface area contributed by atoms with E-state index in [9.17, 15) is 0 Å². The van der Waals surface area contributed by atoms with E-state index in [0.717, 1.165) is 39.7 Å². The lowest BCUT2D eigenvalue weighted by atomic mass is 10.1. The summed E-state index contributed by atoms with van der Waals surface area (Å²) >= 11 is 0. The molecule has 4 heteroatoms. The molecule has 0 aliphatic heterocycles. The normalized spacial score (nSPS) is 10.9. The fraction of sp³-hybridized carbons (Fsp3) is 0. The molecule has 0 atom stereocenters. The molecule has 1 heterocycles. The molecule has 0 fully saturated rings. The maximum absolute atomic E-state index is 5.38. The van der Waals surface area contributed by atoms with E-state index < -0.39 is 7.92 Å². The molecular weight excluding hydrogens is 565 g/mol. The first-order chi connectivity index (χ1) is 22.3. The number of rotatable bonds is 9. The summed E-state index contributed by atoms with van der Waals surface area (Å²) in [6, 6.07) is 68.1. The van der Waals surface area contributed by atoms with Crippen molar-refractivity contribution < 1.29 is 0 Å². The summed E-state index contributed by atoms with van der Waals surface area (Å²) < 4.78 is 0. The maximum atomic E-state index is 5.38. The van der Waals surface area contributed by atoms with Crippen LogP contribution in [0.15, 0.2) is 194 Å². The molecule has 0 spiro atoms. The smallest absolute Gasteiger partial charge is 0.138 e. The first-order valence-electron chi connectivity index (χ1n) is 15.1. The third-order valence-electron chi connectivity index (χ3n) is 7.62. The second-order valence-corrected chi connectivity index (χ2v) is 12.7. The molecule has 6 aromatic carbocycles. The van der Waals surface area contributed by atoms with Gasteiger partial charge in [0.15, 0.2) is 0 Å². The van der Waals surface area contributed by atoms with Crippen molar-refractivity contribution in [3.63, 3.8) is 0 Å². The van der Waals surface area contributed by atoms with E-state index in [1.165, 1.54) is 10.6 Å². The molecular formula is C41H32N3P. The minimum absolute atomic E-state index is 0.835. The Labute approximate surface area is 266 Å². The van der Waals surface area contributed by atoms with Crippen LogP contribution in [0.4, 0.5) is 34.3 Å². The van der Waals surface area contributed by atoms with E-state index in [4.69, 9.17) is 4.98 Å². The summed E-state index contributed by atoms with van der Waals surface area (Å²) in [7, 11) is -0.835. The van der Waals surface area contributed by atoms with Crippen LogP contribution in [0.5, 0.6) is 0 Å². The minimum Gasteiger partial charge on any atom is -0.311 e. The van der Waals surface area contributed by atoms with Crippen molar-refractivity contribution in [2.24, 2.45) is 0 Å². The number of aromatic nitrogens is 1. The molecule has 0 radical (unpaired) electrons. The Morgan fingerprint density at radius 3 is 1.11 bits per heavy atom. The highest BCUT2D eigenvalue weighted by atomic mass is 31.1. The van der Waals surface area contributed by atoms with Crippen LogP contribution < -0.4 is 25.8 Å². The monoisotopic (exact) mass is 597 g/mol. The van der Waals surface area contributed by atoms with Gasteiger partial charge in [-0.2, -0.15) is 0 Å². The summed E-state index contributed by atoms with van der Waals surface area (Å²) in [5, 5.41) is 2.56. The zero-order valence-corrected chi connectivity index (χ0v) is 25.7. The first kappa shape index (κ1) is 28.3. The van der Waals surface area contributed by atoms with Gasteiger partial charge < -0.3 is 4.90 Å². The molecule has 0 aliphatic rings. The van der Waals surface area contributed by atoms with Gasteiger partial charge in [-0.25, -0.2) is 4.98 Å². The summed E-state index contributed by atoms with van der Waals surface area (Å²) in [4.78, 5) is 9.90. The van der Waals surface area contributed by atoms with Gasteiger partial charge in [0.25, 0.3) is 0 Å². The SMILES string of the molecule is c1ccc(N(c2ccccc2)c2ccc(N(c3ccccc3)c3cccc(P(c4ccccc4)c4ccccc4)n3)cc2)cc1. The van der Waals surface area contributed by atoms with E-state index in [1.54, 1.807) is 0 Å². The Bertz CT molecular complexity index is 1850. The third-order valence-corrected chi connectivity index (χ3v) is 9.95. The number of anilines is 6. The van der Waals surface area contributed by atoms with Crippen LogP contribution in [0.1, 0.15) is 0 Å². The van der Waals surface area contributed by atoms with Gasteiger partial charge in [-0.3, -0.25) is 4.90 Å². The fourth-order valence-corrected chi connectivity index (χ4v) is 7.78. The van der Waals surface area contributed by atoms with Crippen molar-refractivity contribution in [3.05, 3.63) is 194 Å². The van der Waals surface area contributed by atoms with E-state index in [0.29, 0.717) is 0 Å². The highest BCUT2D eigenvalue weighted by Crippen LogP contribution is 2.39. The van der Waals surface area contributed by atoms with E-state index >= 15 is 0 Å². The van der Waals surface area contributed by atoms with Crippen LogP contribution in [0.3, 0.4) is 0 Å². The molecule has 0 N–H and O–H groups in total. The van der Waals surface area contributed by atoms with Crippen molar-refractivity contribution in [2.45, 2.75) is 0 Å². The highest BCUT2D eigenvalue weighted by Gasteiger charge is 2.21. The van der Waals surface area contributed by atoms with E-state index in [1.807, 2.05) is 0 Å². The van der Waals surface area contributed by atoms with Crippen LogP contribution in [0.25, 0.3) is 0 Å². The van der Waals surface area contributed by atoms with Crippen molar-refractivity contribution in [2.75, 3.05) is 9.80 Å². The van der Waals surface area contributed by atoms with Gasteiger partial charge in [-0.05, 0) is 83.4 Å². The zero-order valence-electron chi connectivity index (χ0n) is 24.8. The second-order valence-electron chi connectivity index (χ2n) is 10.6. The van der Waals surface area contributed by atoms with Crippen LogP contribution in [0.2, 0.25) is 0 Å². The van der Waals surface area contributed by atoms with Crippen molar-refractivity contribution in [3.8, 4) is 0 Å². The first-order valence-corrected chi connectivity index (χ1v) is 16.4. The van der Waals surface area contributed by atoms with Gasteiger partial charge in [0.1, 0.15) is 5.82 Å². The quantitative estimate of drug-likeness (QED) is 0.154. The molecule has 0 aliphatic carbocycles. The number of pyridine rings is 1. The van der Waals surface area contributed by atoms with Crippen LogP contribution >= 0.6 is 7.92 Å². The number of benzene rings is 6. The second kappa shape index (κ2) is 13.4. The largest absolute Gasteiger partial charge is 0.311 e.